The summed E-state index contributed by atoms with van der Waals surface area (Å²) >= 11 is 5.83. The average Bonchev–Trinajstić information content (AvgIpc) is 2.89. The number of methoxy groups -OCH3 is 4. The average molecular weight is 497 g/mol. The summed E-state index contributed by atoms with van der Waals surface area (Å²) in [6, 6.07) is 19.5. The SMILES string of the molecule is CCOc1ccc(NC(=S)N(Cc2ccc(OC)cc2)Cc2cc(OC)c(OC)c(OC)c2)cc1. The normalized spacial score (nSPS) is 10.3. The third kappa shape index (κ3) is 6.93. The van der Waals surface area contributed by atoms with E-state index in [0.717, 1.165) is 28.3 Å². The summed E-state index contributed by atoms with van der Waals surface area (Å²) in [5.74, 6) is 3.36. The van der Waals surface area contributed by atoms with Crippen LogP contribution in [0.2, 0.25) is 0 Å². The minimum atomic E-state index is 0.519. The van der Waals surface area contributed by atoms with Gasteiger partial charge in [0.1, 0.15) is 11.5 Å². The lowest BCUT2D eigenvalue weighted by atomic mass is 10.1. The minimum absolute atomic E-state index is 0.519. The molecule has 0 aliphatic heterocycles. The summed E-state index contributed by atoms with van der Waals surface area (Å²) in [4.78, 5) is 2.08. The van der Waals surface area contributed by atoms with Crippen LogP contribution < -0.4 is 29.0 Å². The number of rotatable bonds is 11. The number of nitrogens with zero attached hydrogens (tertiary/aromatic N) is 1. The van der Waals surface area contributed by atoms with Crippen LogP contribution in [0.5, 0.6) is 28.7 Å². The smallest absolute Gasteiger partial charge is 0.203 e. The molecule has 3 aromatic carbocycles. The quantitative estimate of drug-likeness (QED) is 0.348. The van der Waals surface area contributed by atoms with Crippen molar-refractivity contribution in [2.75, 3.05) is 40.4 Å². The van der Waals surface area contributed by atoms with Gasteiger partial charge in [0, 0.05) is 18.8 Å². The Morgan fingerprint density at radius 3 is 1.83 bits per heavy atom. The van der Waals surface area contributed by atoms with Gasteiger partial charge < -0.3 is 33.9 Å². The Labute approximate surface area is 212 Å². The van der Waals surface area contributed by atoms with Gasteiger partial charge in [-0.05, 0) is 78.8 Å². The van der Waals surface area contributed by atoms with E-state index in [1.807, 2.05) is 67.6 Å². The van der Waals surface area contributed by atoms with Gasteiger partial charge in [-0.15, -0.1) is 0 Å². The van der Waals surface area contributed by atoms with E-state index < -0.39 is 0 Å². The fraction of sp³-hybridized carbons (Fsp3) is 0.296. The van der Waals surface area contributed by atoms with Crippen LogP contribution in [-0.4, -0.2) is 45.1 Å². The molecule has 0 bridgehead atoms. The van der Waals surface area contributed by atoms with Crippen LogP contribution in [0.25, 0.3) is 0 Å². The van der Waals surface area contributed by atoms with E-state index >= 15 is 0 Å². The number of thiocarbonyl (C=S) groups is 1. The van der Waals surface area contributed by atoms with Gasteiger partial charge in [0.15, 0.2) is 16.6 Å². The number of nitrogens with one attached hydrogen (secondary N) is 1. The third-order valence-corrected chi connectivity index (χ3v) is 5.69. The van der Waals surface area contributed by atoms with Gasteiger partial charge in [-0.3, -0.25) is 0 Å². The lowest BCUT2D eigenvalue weighted by Gasteiger charge is -2.27. The first kappa shape index (κ1) is 26.0. The Balaban J connectivity index is 1.87. The lowest BCUT2D eigenvalue weighted by Crippen LogP contribution is -2.33. The summed E-state index contributed by atoms with van der Waals surface area (Å²) in [6.07, 6.45) is 0. The van der Waals surface area contributed by atoms with Gasteiger partial charge in [0.05, 0.1) is 35.0 Å². The van der Waals surface area contributed by atoms with Crippen LogP contribution in [0.15, 0.2) is 60.7 Å². The molecule has 8 heteroatoms. The fourth-order valence-electron chi connectivity index (χ4n) is 3.60. The van der Waals surface area contributed by atoms with Crippen molar-refractivity contribution in [3.63, 3.8) is 0 Å². The zero-order valence-corrected chi connectivity index (χ0v) is 21.6. The summed E-state index contributed by atoms with van der Waals surface area (Å²) in [5, 5.41) is 3.93. The first-order valence-electron chi connectivity index (χ1n) is 11.2. The second-order valence-corrected chi connectivity index (χ2v) is 8.01. The Kier molecular flexibility index (Phi) is 9.43. The van der Waals surface area contributed by atoms with E-state index in [4.69, 9.17) is 35.9 Å². The molecule has 0 aromatic heterocycles. The molecule has 0 aliphatic rings. The van der Waals surface area contributed by atoms with Gasteiger partial charge in [0.25, 0.3) is 0 Å². The largest absolute Gasteiger partial charge is 0.497 e. The molecule has 3 rings (SSSR count). The molecule has 0 spiro atoms. The van der Waals surface area contributed by atoms with E-state index in [1.54, 1.807) is 28.4 Å². The molecular weight excluding hydrogens is 464 g/mol. The monoisotopic (exact) mass is 496 g/mol. The Bertz CT molecular complexity index is 1080. The van der Waals surface area contributed by atoms with Crippen molar-refractivity contribution in [2.45, 2.75) is 20.0 Å². The first-order valence-corrected chi connectivity index (χ1v) is 11.6. The maximum atomic E-state index is 5.83. The minimum Gasteiger partial charge on any atom is -0.497 e. The highest BCUT2D eigenvalue weighted by Crippen LogP contribution is 2.38. The lowest BCUT2D eigenvalue weighted by molar-refractivity contribution is 0.322. The molecule has 3 aromatic rings. The fourth-order valence-corrected chi connectivity index (χ4v) is 3.85. The molecule has 0 heterocycles. The van der Waals surface area contributed by atoms with E-state index in [9.17, 15) is 0 Å². The molecule has 1 N–H and O–H groups in total. The van der Waals surface area contributed by atoms with Crippen LogP contribution in [0.1, 0.15) is 18.1 Å². The van der Waals surface area contributed by atoms with Crippen molar-refractivity contribution in [2.24, 2.45) is 0 Å². The van der Waals surface area contributed by atoms with Gasteiger partial charge in [0.2, 0.25) is 5.75 Å². The van der Waals surface area contributed by atoms with Crippen molar-refractivity contribution in [3.8, 4) is 28.7 Å². The van der Waals surface area contributed by atoms with Crippen molar-refractivity contribution in [3.05, 3.63) is 71.8 Å². The summed E-state index contributed by atoms with van der Waals surface area (Å²) in [5.41, 5.74) is 2.93. The molecule has 0 aliphatic carbocycles. The predicted octanol–water partition coefficient (Wildman–Crippen LogP) is 5.52. The van der Waals surface area contributed by atoms with E-state index in [2.05, 4.69) is 10.2 Å². The maximum Gasteiger partial charge on any atom is 0.203 e. The Morgan fingerprint density at radius 1 is 0.743 bits per heavy atom. The second-order valence-electron chi connectivity index (χ2n) is 7.63. The molecule has 186 valence electrons. The topological polar surface area (TPSA) is 61.4 Å². The number of ether oxygens (including phenoxy) is 5. The van der Waals surface area contributed by atoms with Crippen LogP contribution >= 0.6 is 12.2 Å². The van der Waals surface area contributed by atoms with Crippen molar-refractivity contribution >= 4 is 23.0 Å². The molecule has 0 saturated heterocycles. The molecular formula is C27H32N2O5S. The number of benzene rings is 3. The molecule has 0 amide bonds. The van der Waals surface area contributed by atoms with Gasteiger partial charge in [-0.25, -0.2) is 0 Å². The second kappa shape index (κ2) is 12.7. The number of hydrogen-bond acceptors (Lipinski definition) is 6. The van der Waals surface area contributed by atoms with Crippen LogP contribution in [0.4, 0.5) is 5.69 Å². The highest BCUT2D eigenvalue weighted by molar-refractivity contribution is 7.80. The standard InChI is InChI=1S/C27H32N2O5S/c1-6-34-23-13-9-21(10-14-23)28-27(35)29(17-19-7-11-22(30-2)12-8-19)18-20-15-24(31-3)26(33-5)25(16-20)32-4/h7-16H,6,17-18H2,1-5H3,(H,28,35). The molecule has 0 radical (unpaired) electrons. The van der Waals surface area contributed by atoms with Crippen LogP contribution in [-0.2, 0) is 13.1 Å². The highest BCUT2D eigenvalue weighted by Gasteiger charge is 2.17. The number of hydrogen-bond donors (Lipinski definition) is 1. The van der Waals surface area contributed by atoms with Crippen LogP contribution in [0.3, 0.4) is 0 Å². The summed E-state index contributed by atoms with van der Waals surface area (Å²) in [7, 11) is 6.45. The zero-order valence-electron chi connectivity index (χ0n) is 20.8. The first-order chi connectivity index (χ1) is 17.0. The zero-order chi connectivity index (χ0) is 25.2. The molecule has 7 nitrogen and oxygen atoms in total. The molecule has 0 saturated carbocycles. The third-order valence-electron chi connectivity index (χ3n) is 5.33. The van der Waals surface area contributed by atoms with Crippen molar-refractivity contribution < 1.29 is 23.7 Å². The summed E-state index contributed by atoms with van der Waals surface area (Å²) < 4.78 is 27.4. The number of anilines is 1. The highest BCUT2D eigenvalue weighted by atomic mass is 32.1. The molecule has 0 fully saturated rings. The predicted molar refractivity (Wildman–Crippen MR) is 142 cm³/mol. The summed E-state index contributed by atoms with van der Waals surface area (Å²) in [6.45, 7) is 3.69. The van der Waals surface area contributed by atoms with E-state index in [-0.39, 0.29) is 0 Å². The van der Waals surface area contributed by atoms with E-state index in [1.165, 1.54) is 0 Å². The Morgan fingerprint density at radius 2 is 1.31 bits per heavy atom. The maximum absolute atomic E-state index is 5.83. The van der Waals surface area contributed by atoms with Gasteiger partial charge >= 0.3 is 0 Å². The van der Waals surface area contributed by atoms with Gasteiger partial charge in [-0.1, -0.05) is 12.1 Å². The Hall–Kier alpha value is -3.65. The van der Waals surface area contributed by atoms with E-state index in [0.29, 0.717) is 42.1 Å². The van der Waals surface area contributed by atoms with Gasteiger partial charge in [-0.2, -0.15) is 0 Å². The van der Waals surface area contributed by atoms with Crippen molar-refractivity contribution in [1.82, 2.24) is 4.90 Å². The van der Waals surface area contributed by atoms with Crippen molar-refractivity contribution in [1.29, 1.82) is 0 Å². The molecule has 0 unspecified atom stereocenters. The molecule has 0 atom stereocenters. The van der Waals surface area contributed by atoms with Crippen LogP contribution in [0, 0.1) is 0 Å². The molecule has 35 heavy (non-hydrogen) atoms.